The van der Waals surface area contributed by atoms with Crippen LogP contribution in [0.2, 0.25) is 0 Å². The molecule has 0 atom stereocenters. The van der Waals surface area contributed by atoms with Crippen molar-refractivity contribution < 1.29 is 9.18 Å². The number of hydrogen-bond donors (Lipinski definition) is 1. The average molecular weight is 361 g/mol. The second-order valence-corrected chi connectivity index (χ2v) is 6.04. The fourth-order valence-corrected chi connectivity index (χ4v) is 2.72. The van der Waals surface area contributed by atoms with E-state index in [-0.39, 0.29) is 10.8 Å². The van der Waals surface area contributed by atoms with Crippen LogP contribution in [0.4, 0.5) is 10.1 Å². The largest absolute Gasteiger partial charge is 0.320 e. The highest BCUT2D eigenvalue weighted by Crippen LogP contribution is 2.25. The van der Waals surface area contributed by atoms with Crippen LogP contribution in [-0.4, -0.2) is 21.1 Å². The van der Waals surface area contributed by atoms with Crippen molar-refractivity contribution in [2.24, 2.45) is 0 Å². The van der Waals surface area contributed by atoms with E-state index in [1.165, 1.54) is 24.3 Å². The molecule has 5 nitrogen and oxygen atoms in total. The summed E-state index contributed by atoms with van der Waals surface area (Å²) in [6, 6.07) is 9.08. The lowest BCUT2D eigenvalue weighted by Crippen LogP contribution is -2.11. The molecule has 1 amide bonds. The lowest BCUT2D eigenvalue weighted by Gasteiger charge is -2.01. The van der Waals surface area contributed by atoms with Gasteiger partial charge in [0.1, 0.15) is 5.82 Å². The number of nitrogens with zero attached hydrogens (tertiary/aromatic N) is 3. The molecule has 0 aliphatic rings. The maximum absolute atomic E-state index is 12.9. The Labute approximate surface area is 145 Å². The molecule has 8 heteroatoms. The first-order chi connectivity index (χ1) is 11.6. The highest BCUT2D eigenvalue weighted by Gasteiger charge is 2.14. The summed E-state index contributed by atoms with van der Waals surface area (Å²) in [6.45, 7) is 0. The van der Waals surface area contributed by atoms with E-state index in [1.54, 1.807) is 24.5 Å². The first kappa shape index (κ1) is 16.2. The second-order valence-electron chi connectivity index (χ2n) is 4.65. The minimum absolute atomic E-state index is 0.159. The molecule has 0 saturated carbocycles. The summed E-state index contributed by atoms with van der Waals surface area (Å²) < 4.78 is 12.9. The normalized spacial score (nSPS) is 11.3. The van der Waals surface area contributed by atoms with Gasteiger partial charge in [-0.2, -0.15) is 0 Å². The number of rotatable bonds is 4. The Balaban J connectivity index is 1.74. The predicted molar refractivity (Wildman–Crippen MR) is 92.2 cm³/mol. The lowest BCUT2D eigenvalue weighted by molar-refractivity contribution is 0.102. The van der Waals surface area contributed by atoms with E-state index >= 15 is 0 Å². The molecule has 2 heterocycles. The Morgan fingerprint density at radius 2 is 1.92 bits per heavy atom. The van der Waals surface area contributed by atoms with Crippen LogP contribution in [0.25, 0.3) is 11.1 Å². The number of amides is 1. The summed E-state index contributed by atoms with van der Waals surface area (Å²) >= 11 is 7.27. The molecular formula is C16H10ClFN4OS. The standard InChI is InChI=1S/C16H10ClFN4OS/c17-13(8-10-2-1-7-19-9-10)15-21-22-16(24-15)14(23)20-12-5-3-11(18)4-6-12/h1-9H,(H,20,23)/b13-8-. The van der Waals surface area contributed by atoms with Crippen molar-refractivity contribution in [1.82, 2.24) is 15.2 Å². The smallest absolute Gasteiger partial charge is 0.286 e. The number of benzene rings is 1. The van der Waals surface area contributed by atoms with Crippen LogP contribution in [0.1, 0.15) is 20.4 Å². The van der Waals surface area contributed by atoms with E-state index in [2.05, 4.69) is 20.5 Å². The number of carbonyl (C=O) groups is 1. The second kappa shape index (κ2) is 7.29. The van der Waals surface area contributed by atoms with Crippen LogP contribution >= 0.6 is 22.9 Å². The zero-order valence-corrected chi connectivity index (χ0v) is 13.7. The number of carbonyl (C=O) groups excluding carboxylic acids is 1. The predicted octanol–water partition coefficient (Wildman–Crippen LogP) is 4.06. The molecule has 1 N–H and O–H groups in total. The maximum atomic E-state index is 12.9. The van der Waals surface area contributed by atoms with Crippen molar-refractivity contribution >= 4 is 45.6 Å². The van der Waals surface area contributed by atoms with E-state index in [0.717, 1.165) is 16.9 Å². The summed E-state index contributed by atoms with van der Waals surface area (Å²) in [5.41, 5.74) is 1.28. The topological polar surface area (TPSA) is 67.8 Å². The molecule has 24 heavy (non-hydrogen) atoms. The summed E-state index contributed by atoms with van der Waals surface area (Å²) in [6.07, 6.45) is 5.01. The fourth-order valence-electron chi connectivity index (χ4n) is 1.80. The van der Waals surface area contributed by atoms with Crippen molar-refractivity contribution in [2.75, 3.05) is 5.32 Å². The summed E-state index contributed by atoms with van der Waals surface area (Å²) in [5.74, 6) is -0.810. The van der Waals surface area contributed by atoms with Crippen LogP contribution in [0, 0.1) is 5.82 Å². The molecule has 2 aromatic heterocycles. The first-order valence-electron chi connectivity index (χ1n) is 6.80. The Kier molecular flexibility index (Phi) is 4.93. The highest BCUT2D eigenvalue weighted by atomic mass is 35.5. The molecule has 0 bridgehead atoms. The van der Waals surface area contributed by atoms with E-state index < -0.39 is 5.91 Å². The van der Waals surface area contributed by atoms with Crippen molar-refractivity contribution in [3.8, 4) is 0 Å². The molecule has 0 aliphatic heterocycles. The maximum Gasteiger partial charge on any atom is 0.286 e. The molecule has 0 unspecified atom stereocenters. The fraction of sp³-hybridized carbons (Fsp3) is 0. The van der Waals surface area contributed by atoms with Crippen LogP contribution in [0.3, 0.4) is 0 Å². The SMILES string of the molecule is O=C(Nc1ccc(F)cc1)c1nnc(/C(Cl)=C/c2cccnc2)s1. The third-order valence-electron chi connectivity index (χ3n) is 2.90. The van der Waals surface area contributed by atoms with Gasteiger partial charge in [0.2, 0.25) is 5.01 Å². The Morgan fingerprint density at radius 3 is 2.62 bits per heavy atom. The molecular weight excluding hydrogens is 351 g/mol. The first-order valence-corrected chi connectivity index (χ1v) is 7.99. The van der Waals surface area contributed by atoms with Crippen molar-refractivity contribution in [3.63, 3.8) is 0 Å². The molecule has 0 radical (unpaired) electrons. The molecule has 3 aromatic rings. The average Bonchev–Trinajstić information content (AvgIpc) is 3.08. The van der Waals surface area contributed by atoms with Gasteiger partial charge < -0.3 is 5.32 Å². The van der Waals surface area contributed by atoms with Crippen molar-refractivity contribution in [3.05, 3.63) is 70.2 Å². The Hall–Kier alpha value is -2.64. The number of anilines is 1. The van der Waals surface area contributed by atoms with E-state index in [9.17, 15) is 9.18 Å². The zero-order valence-electron chi connectivity index (χ0n) is 12.1. The number of pyridine rings is 1. The molecule has 0 aliphatic carbocycles. The van der Waals surface area contributed by atoms with Gasteiger partial charge in [-0.3, -0.25) is 9.78 Å². The number of nitrogens with one attached hydrogen (secondary N) is 1. The van der Waals surface area contributed by atoms with Crippen LogP contribution < -0.4 is 5.32 Å². The quantitative estimate of drug-likeness (QED) is 0.761. The van der Waals surface area contributed by atoms with Gasteiger partial charge in [-0.1, -0.05) is 29.0 Å². The molecule has 0 saturated heterocycles. The number of aromatic nitrogens is 3. The third-order valence-corrected chi connectivity index (χ3v) is 4.26. The third kappa shape index (κ3) is 4.01. The van der Waals surface area contributed by atoms with Crippen LogP contribution in [-0.2, 0) is 0 Å². The van der Waals surface area contributed by atoms with Crippen molar-refractivity contribution in [1.29, 1.82) is 0 Å². The highest BCUT2D eigenvalue weighted by molar-refractivity contribution is 7.15. The van der Waals surface area contributed by atoms with Crippen LogP contribution in [0.15, 0.2) is 48.8 Å². The van der Waals surface area contributed by atoms with Gasteiger partial charge >= 0.3 is 0 Å². The molecule has 1 aromatic carbocycles. The Bertz CT molecular complexity index is 881. The van der Waals surface area contributed by atoms with E-state index in [0.29, 0.717) is 15.7 Å². The molecule has 120 valence electrons. The lowest BCUT2D eigenvalue weighted by atomic mass is 10.2. The summed E-state index contributed by atoms with van der Waals surface area (Å²) in [4.78, 5) is 16.1. The van der Waals surface area contributed by atoms with E-state index in [1.807, 2.05) is 6.07 Å². The zero-order chi connectivity index (χ0) is 16.9. The van der Waals surface area contributed by atoms with Gasteiger partial charge in [0.25, 0.3) is 5.91 Å². The Morgan fingerprint density at radius 1 is 1.17 bits per heavy atom. The number of hydrogen-bond acceptors (Lipinski definition) is 5. The van der Waals surface area contributed by atoms with E-state index in [4.69, 9.17) is 11.6 Å². The van der Waals surface area contributed by atoms with Gasteiger partial charge in [0, 0.05) is 18.1 Å². The number of halogens is 2. The van der Waals surface area contributed by atoms with Gasteiger partial charge in [0.15, 0.2) is 5.01 Å². The summed E-state index contributed by atoms with van der Waals surface area (Å²) in [7, 11) is 0. The van der Waals surface area contributed by atoms with Crippen molar-refractivity contribution in [2.45, 2.75) is 0 Å². The molecule has 0 fully saturated rings. The molecule has 0 spiro atoms. The van der Waals surface area contributed by atoms with Gasteiger partial charge in [0.05, 0.1) is 5.03 Å². The monoisotopic (exact) mass is 360 g/mol. The van der Waals surface area contributed by atoms with Gasteiger partial charge in [-0.25, -0.2) is 4.39 Å². The van der Waals surface area contributed by atoms with Crippen LogP contribution in [0.5, 0.6) is 0 Å². The summed E-state index contributed by atoms with van der Waals surface area (Å²) in [5, 5.41) is 11.3. The molecule has 3 rings (SSSR count). The van der Waals surface area contributed by atoms with Gasteiger partial charge in [-0.05, 0) is 42.0 Å². The minimum Gasteiger partial charge on any atom is -0.320 e. The minimum atomic E-state index is -0.434. The van der Waals surface area contributed by atoms with Gasteiger partial charge in [-0.15, -0.1) is 10.2 Å².